The second-order valence-corrected chi connectivity index (χ2v) is 15.7. The minimum absolute atomic E-state index is 0.00266. The van der Waals surface area contributed by atoms with Crippen LogP contribution in [0.15, 0.2) is 48.7 Å². The van der Waals surface area contributed by atoms with Crippen molar-refractivity contribution in [3.05, 3.63) is 70.5 Å². The SMILES string of the molecule is COc1nc(-c2cccc(-c3cccc(-c4cc5c(c(OC)n4)C(N4CC6(CCC(=O)N6)C4)CO5)c3Cl)c2C)cnc1CN1CC2(C1)CN(C(C)=O)C2. The van der Waals surface area contributed by atoms with Gasteiger partial charge in [-0.2, -0.15) is 0 Å². The number of aromatic nitrogens is 3. The normalized spacial score (nSPS) is 21.0. The number of carbonyl (C=O) groups excluding carboxylic acids is 2. The van der Waals surface area contributed by atoms with Crippen molar-refractivity contribution in [2.45, 2.75) is 44.8 Å². The number of fused-ring (bicyclic) bond motifs is 1. The first-order valence-electron chi connectivity index (χ1n) is 18.1. The lowest BCUT2D eigenvalue weighted by atomic mass is 9.73. The van der Waals surface area contributed by atoms with Crippen LogP contribution in [0.4, 0.5) is 0 Å². The molecule has 4 aromatic rings. The second-order valence-electron chi connectivity index (χ2n) is 15.4. The number of benzene rings is 2. The van der Waals surface area contributed by atoms with Crippen LogP contribution < -0.4 is 19.5 Å². The molecule has 0 saturated carbocycles. The number of nitrogens with one attached hydrogen (secondary N) is 1. The van der Waals surface area contributed by atoms with Crippen LogP contribution in [0.5, 0.6) is 17.5 Å². The van der Waals surface area contributed by atoms with Gasteiger partial charge in [0.1, 0.15) is 18.1 Å². The molecule has 4 fully saturated rings. The van der Waals surface area contributed by atoms with Crippen molar-refractivity contribution in [1.82, 2.24) is 35.0 Å². The summed E-state index contributed by atoms with van der Waals surface area (Å²) in [5, 5.41) is 3.74. The van der Waals surface area contributed by atoms with Crippen molar-refractivity contribution in [3.63, 3.8) is 0 Å². The molecule has 1 unspecified atom stereocenters. The van der Waals surface area contributed by atoms with E-state index in [1.807, 2.05) is 47.5 Å². The van der Waals surface area contributed by atoms with E-state index >= 15 is 0 Å². The van der Waals surface area contributed by atoms with Gasteiger partial charge in [-0.1, -0.05) is 48.0 Å². The van der Waals surface area contributed by atoms with E-state index in [4.69, 9.17) is 40.8 Å². The molecular weight excluding hydrogens is 694 g/mol. The highest BCUT2D eigenvalue weighted by Crippen LogP contribution is 2.48. The number of likely N-dealkylation sites (tertiary alicyclic amines) is 3. The number of carbonyl (C=O) groups is 2. The third-order valence-electron chi connectivity index (χ3n) is 11.8. The number of pyridine rings is 1. The number of amides is 2. The molecule has 9 rings (SSSR count). The largest absolute Gasteiger partial charge is 0.491 e. The van der Waals surface area contributed by atoms with Gasteiger partial charge in [0.05, 0.1) is 54.0 Å². The zero-order chi connectivity index (χ0) is 36.6. The van der Waals surface area contributed by atoms with Gasteiger partial charge in [-0.3, -0.25) is 24.4 Å². The van der Waals surface area contributed by atoms with Crippen molar-refractivity contribution in [2.24, 2.45) is 5.41 Å². The molecule has 0 aliphatic carbocycles. The number of hydrogen-bond acceptors (Lipinski definition) is 10. The molecule has 2 amide bonds. The minimum atomic E-state index is -0.123. The topological polar surface area (TPSA) is 122 Å². The molecule has 5 aliphatic heterocycles. The summed E-state index contributed by atoms with van der Waals surface area (Å²) in [7, 11) is 3.26. The monoisotopic (exact) mass is 735 g/mol. The standard InChI is InChI=1S/C40H42ClN7O5/c1-23-25(7-5-8-26(23)30-14-42-31(37(44-30)51-3)15-46-17-39(18-46)19-47(20-39)24(2)49)27-9-6-10-28(36(27)41)29-13-33-35(38(43-29)52-4)32(16-53-33)48-21-40(22-48)12-11-34(50)45-40/h5-10,13-14,32H,11-12,15-22H2,1-4H3,(H,45,50). The van der Waals surface area contributed by atoms with Gasteiger partial charge in [-0.25, -0.2) is 9.97 Å². The fourth-order valence-electron chi connectivity index (χ4n) is 9.08. The maximum absolute atomic E-state index is 11.9. The summed E-state index contributed by atoms with van der Waals surface area (Å²) < 4.78 is 17.8. The van der Waals surface area contributed by atoms with E-state index in [1.165, 1.54) is 0 Å². The van der Waals surface area contributed by atoms with Crippen molar-refractivity contribution >= 4 is 23.4 Å². The first kappa shape index (κ1) is 34.0. The second kappa shape index (κ2) is 12.7. The van der Waals surface area contributed by atoms with Crippen LogP contribution in [0.3, 0.4) is 0 Å². The average Bonchev–Trinajstić information content (AvgIpc) is 3.71. The van der Waals surface area contributed by atoms with Crippen molar-refractivity contribution in [2.75, 3.05) is 60.1 Å². The molecule has 2 aromatic carbocycles. The fraction of sp³-hybridized carbons (Fsp3) is 0.425. The molecule has 53 heavy (non-hydrogen) atoms. The average molecular weight is 736 g/mol. The van der Waals surface area contributed by atoms with Crippen LogP contribution >= 0.6 is 11.6 Å². The lowest BCUT2D eigenvalue weighted by Crippen LogP contribution is -2.72. The van der Waals surface area contributed by atoms with E-state index in [-0.39, 0.29) is 28.8 Å². The summed E-state index contributed by atoms with van der Waals surface area (Å²) in [5.41, 5.74) is 7.76. The highest BCUT2D eigenvalue weighted by Gasteiger charge is 2.53. The molecule has 13 heteroatoms. The lowest BCUT2D eigenvalue weighted by molar-refractivity contribution is -0.157. The van der Waals surface area contributed by atoms with Crippen molar-refractivity contribution in [3.8, 4) is 51.2 Å². The number of rotatable bonds is 8. The van der Waals surface area contributed by atoms with E-state index < -0.39 is 0 Å². The van der Waals surface area contributed by atoms with E-state index in [0.717, 1.165) is 90.5 Å². The molecule has 2 aromatic heterocycles. The molecule has 2 spiro atoms. The first-order chi connectivity index (χ1) is 25.6. The van der Waals surface area contributed by atoms with Crippen LogP contribution in [0.25, 0.3) is 33.6 Å². The number of nitrogens with zero attached hydrogens (tertiary/aromatic N) is 6. The Balaban J connectivity index is 0.956. The predicted molar refractivity (Wildman–Crippen MR) is 199 cm³/mol. The zero-order valence-electron chi connectivity index (χ0n) is 30.4. The number of hydrogen-bond donors (Lipinski definition) is 1. The Kier molecular flexibility index (Phi) is 8.13. The van der Waals surface area contributed by atoms with Gasteiger partial charge in [0.15, 0.2) is 0 Å². The van der Waals surface area contributed by atoms with E-state index in [9.17, 15) is 9.59 Å². The highest BCUT2D eigenvalue weighted by atomic mass is 35.5. The summed E-state index contributed by atoms with van der Waals surface area (Å²) in [5.74, 6) is 2.04. The van der Waals surface area contributed by atoms with Gasteiger partial charge in [0.2, 0.25) is 23.6 Å². The van der Waals surface area contributed by atoms with Crippen molar-refractivity contribution in [1.29, 1.82) is 0 Å². The molecule has 1 N–H and O–H groups in total. The number of methoxy groups -OCH3 is 2. The Morgan fingerprint density at radius 1 is 0.962 bits per heavy atom. The minimum Gasteiger partial charge on any atom is -0.491 e. The Morgan fingerprint density at radius 3 is 2.36 bits per heavy atom. The van der Waals surface area contributed by atoms with Crippen LogP contribution in [0.2, 0.25) is 5.02 Å². The van der Waals surface area contributed by atoms with Crippen LogP contribution in [-0.2, 0) is 16.1 Å². The third-order valence-corrected chi connectivity index (χ3v) is 12.2. The van der Waals surface area contributed by atoms with Gasteiger partial charge in [-0.05, 0) is 24.5 Å². The Labute approximate surface area is 313 Å². The number of ether oxygens (including phenoxy) is 3. The molecule has 274 valence electrons. The third kappa shape index (κ3) is 5.69. The van der Waals surface area contributed by atoms with Crippen LogP contribution in [0.1, 0.15) is 42.6 Å². The predicted octanol–water partition coefficient (Wildman–Crippen LogP) is 4.91. The Morgan fingerprint density at radius 2 is 1.66 bits per heavy atom. The van der Waals surface area contributed by atoms with Gasteiger partial charge >= 0.3 is 0 Å². The summed E-state index contributed by atoms with van der Waals surface area (Å²) >= 11 is 7.24. The van der Waals surface area contributed by atoms with Gasteiger partial charge < -0.3 is 24.4 Å². The summed E-state index contributed by atoms with van der Waals surface area (Å²) in [6, 6.07) is 14.0. The van der Waals surface area contributed by atoms with Crippen molar-refractivity contribution < 1.29 is 23.8 Å². The molecule has 12 nitrogen and oxygen atoms in total. The van der Waals surface area contributed by atoms with E-state index in [1.54, 1.807) is 21.1 Å². The molecule has 0 bridgehead atoms. The number of halogens is 1. The maximum Gasteiger partial charge on any atom is 0.237 e. The highest BCUT2D eigenvalue weighted by molar-refractivity contribution is 6.36. The Bertz CT molecular complexity index is 2160. The summed E-state index contributed by atoms with van der Waals surface area (Å²) in [4.78, 5) is 44.8. The van der Waals surface area contributed by atoms with E-state index in [2.05, 4.69) is 28.1 Å². The summed E-state index contributed by atoms with van der Waals surface area (Å²) in [6.45, 7) is 9.95. The maximum atomic E-state index is 11.9. The lowest BCUT2D eigenvalue weighted by Gasteiger charge is -2.60. The van der Waals surface area contributed by atoms with Crippen LogP contribution in [0, 0.1) is 12.3 Å². The van der Waals surface area contributed by atoms with Gasteiger partial charge in [-0.15, -0.1) is 0 Å². The molecule has 1 atom stereocenters. The zero-order valence-corrected chi connectivity index (χ0v) is 31.1. The molecule has 0 radical (unpaired) electrons. The molecule has 4 saturated heterocycles. The first-order valence-corrected chi connectivity index (χ1v) is 18.5. The molecular formula is C40H42ClN7O5. The smallest absolute Gasteiger partial charge is 0.237 e. The molecule has 7 heterocycles. The van der Waals surface area contributed by atoms with Crippen LogP contribution in [-0.4, -0.2) is 107 Å². The Hall–Kier alpha value is -4.78. The molecule has 5 aliphatic rings. The van der Waals surface area contributed by atoms with Gasteiger partial charge in [0.25, 0.3) is 0 Å². The van der Waals surface area contributed by atoms with Gasteiger partial charge in [0, 0.05) is 87.3 Å². The quantitative estimate of drug-likeness (QED) is 0.267. The fourth-order valence-corrected chi connectivity index (χ4v) is 9.41. The summed E-state index contributed by atoms with van der Waals surface area (Å²) in [6.07, 6.45) is 3.27. The van der Waals surface area contributed by atoms with E-state index in [0.29, 0.717) is 47.7 Å².